The van der Waals surface area contributed by atoms with Gasteiger partial charge in [0, 0.05) is 19.2 Å². The standard InChI is InChI=1S/C12H8ClF4N3O3/c1-19-7(12(15,16)17)4-8(21)20(11(19)22)9-6(14)3-5(13)10(18-9)23-2/h3-4H,1-2H3. The number of pyridine rings is 1. The summed E-state index contributed by atoms with van der Waals surface area (Å²) in [7, 11) is 1.95. The number of hydrogen-bond acceptors (Lipinski definition) is 4. The van der Waals surface area contributed by atoms with E-state index in [1.54, 1.807) is 0 Å². The van der Waals surface area contributed by atoms with Crippen LogP contribution in [0.1, 0.15) is 5.69 Å². The summed E-state index contributed by atoms with van der Waals surface area (Å²) in [5.74, 6) is -2.28. The van der Waals surface area contributed by atoms with Crippen LogP contribution in [0.4, 0.5) is 17.6 Å². The molecule has 2 aromatic rings. The minimum absolute atomic E-state index is 0.156. The lowest BCUT2D eigenvalue weighted by Crippen LogP contribution is -2.41. The van der Waals surface area contributed by atoms with Gasteiger partial charge in [-0.1, -0.05) is 11.6 Å². The topological polar surface area (TPSA) is 66.1 Å². The molecule has 0 saturated carbocycles. The van der Waals surface area contributed by atoms with E-state index in [2.05, 4.69) is 4.98 Å². The SMILES string of the molecule is COc1nc(-n2c(=O)cc(C(F)(F)F)n(C)c2=O)c(F)cc1Cl. The number of ether oxygens (including phenoxy) is 1. The molecule has 23 heavy (non-hydrogen) atoms. The Morgan fingerprint density at radius 2 is 1.87 bits per heavy atom. The van der Waals surface area contributed by atoms with Crippen LogP contribution in [-0.4, -0.2) is 21.2 Å². The van der Waals surface area contributed by atoms with Gasteiger partial charge in [-0.25, -0.2) is 13.8 Å². The molecule has 0 fully saturated rings. The second-order valence-electron chi connectivity index (χ2n) is 4.33. The first-order chi connectivity index (χ1) is 10.6. The Morgan fingerprint density at radius 3 is 2.39 bits per heavy atom. The van der Waals surface area contributed by atoms with Crippen LogP contribution >= 0.6 is 11.6 Å². The molecule has 0 atom stereocenters. The molecule has 124 valence electrons. The van der Waals surface area contributed by atoms with Crippen molar-refractivity contribution in [3.8, 4) is 11.7 Å². The number of rotatable bonds is 2. The first-order valence-electron chi connectivity index (χ1n) is 5.88. The molecule has 0 aliphatic heterocycles. The van der Waals surface area contributed by atoms with Crippen molar-refractivity contribution in [1.29, 1.82) is 0 Å². The third kappa shape index (κ3) is 2.93. The Morgan fingerprint density at radius 1 is 1.26 bits per heavy atom. The van der Waals surface area contributed by atoms with E-state index >= 15 is 0 Å². The van der Waals surface area contributed by atoms with Gasteiger partial charge in [0.15, 0.2) is 11.6 Å². The van der Waals surface area contributed by atoms with Crippen molar-refractivity contribution in [1.82, 2.24) is 14.1 Å². The predicted octanol–water partition coefficient (Wildman–Crippen LogP) is 1.75. The van der Waals surface area contributed by atoms with Crippen LogP contribution in [0.15, 0.2) is 21.7 Å². The van der Waals surface area contributed by atoms with Crippen LogP contribution in [-0.2, 0) is 13.2 Å². The first kappa shape index (κ1) is 17.0. The second-order valence-corrected chi connectivity index (χ2v) is 4.73. The maximum Gasteiger partial charge on any atom is 0.431 e. The number of aromatic nitrogens is 3. The highest BCUT2D eigenvalue weighted by atomic mass is 35.5. The van der Waals surface area contributed by atoms with Gasteiger partial charge in [-0.2, -0.15) is 18.2 Å². The van der Waals surface area contributed by atoms with Crippen LogP contribution in [0.3, 0.4) is 0 Å². The van der Waals surface area contributed by atoms with Gasteiger partial charge in [-0.3, -0.25) is 9.36 Å². The summed E-state index contributed by atoms with van der Waals surface area (Å²) in [6.07, 6.45) is -4.92. The fourth-order valence-electron chi connectivity index (χ4n) is 1.83. The summed E-state index contributed by atoms with van der Waals surface area (Å²) in [5.41, 5.74) is -4.28. The lowest BCUT2D eigenvalue weighted by atomic mass is 10.3. The van der Waals surface area contributed by atoms with E-state index in [4.69, 9.17) is 16.3 Å². The van der Waals surface area contributed by atoms with Crippen molar-refractivity contribution in [3.63, 3.8) is 0 Å². The van der Waals surface area contributed by atoms with Gasteiger partial charge in [-0.05, 0) is 0 Å². The normalized spacial score (nSPS) is 11.6. The quantitative estimate of drug-likeness (QED) is 0.772. The summed E-state index contributed by atoms with van der Waals surface area (Å²) in [4.78, 5) is 27.5. The molecule has 2 rings (SSSR count). The largest absolute Gasteiger partial charge is 0.480 e. The molecule has 0 spiro atoms. The highest BCUT2D eigenvalue weighted by Crippen LogP contribution is 2.27. The highest BCUT2D eigenvalue weighted by Gasteiger charge is 2.35. The molecule has 2 aromatic heterocycles. The predicted molar refractivity (Wildman–Crippen MR) is 71.6 cm³/mol. The summed E-state index contributed by atoms with van der Waals surface area (Å²) in [6.45, 7) is 0. The molecule has 0 aliphatic carbocycles. The highest BCUT2D eigenvalue weighted by molar-refractivity contribution is 6.31. The third-order valence-corrected chi connectivity index (χ3v) is 3.17. The smallest absolute Gasteiger partial charge is 0.431 e. The van der Waals surface area contributed by atoms with Gasteiger partial charge >= 0.3 is 11.9 Å². The zero-order chi connectivity index (χ0) is 17.5. The fraction of sp³-hybridized carbons (Fsp3) is 0.250. The summed E-state index contributed by atoms with van der Waals surface area (Å²) < 4.78 is 57.3. The Hall–Kier alpha value is -2.36. The molecule has 0 N–H and O–H groups in total. The molecule has 0 radical (unpaired) electrons. The first-order valence-corrected chi connectivity index (χ1v) is 6.26. The van der Waals surface area contributed by atoms with E-state index < -0.39 is 34.8 Å². The van der Waals surface area contributed by atoms with Crippen LogP contribution in [0.25, 0.3) is 5.82 Å². The van der Waals surface area contributed by atoms with E-state index in [-0.39, 0.29) is 26.1 Å². The minimum Gasteiger partial charge on any atom is -0.480 e. The number of nitrogens with zero attached hydrogens (tertiary/aromatic N) is 3. The zero-order valence-corrected chi connectivity index (χ0v) is 12.4. The third-order valence-electron chi connectivity index (χ3n) is 2.89. The molecule has 0 aromatic carbocycles. The molecular formula is C12H8ClF4N3O3. The van der Waals surface area contributed by atoms with E-state index in [0.717, 1.165) is 20.2 Å². The zero-order valence-electron chi connectivity index (χ0n) is 11.6. The van der Waals surface area contributed by atoms with Crippen LogP contribution < -0.4 is 16.0 Å². The van der Waals surface area contributed by atoms with E-state index in [0.29, 0.717) is 0 Å². The van der Waals surface area contributed by atoms with Crippen LogP contribution in [0.2, 0.25) is 5.02 Å². The number of halogens is 5. The van der Waals surface area contributed by atoms with E-state index in [1.165, 1.54) is 0 Å². The van der Waals surface area contributed by atoms with Crippen molar-refractivity contribution >= 4 is 11.6 Å². The minimum atomic E-state index is -4.92. The maximum absolute atomic E-state index is 13.9. The Kier molecular flexibility index (Phi) is 4.20. The number of hydrogen-bond donors (Lipinski definition) is 0. The maximum atomic E-state index is 13.9. The summed E-state index contributed by atoms with van der Waals surface area (Å²) in [6, 6.07) is 0.899. The van der Waals surface area contributed by atoms with Crippen molar-refractivity contribution in [3.05, 3.63) is 49.5 Å². The van der Waals surface area contributed by atoms with Crippen molar-refractivity contribution in [2.75, 3.05) is 7.11 Å². The van der Waals surface area contributed by atoms with Gasteiger partial charge in [0.05, 0.1) is 7.11 Å². The molecule has 0 bridgehead atoms. The van der Waals surface area contributed by atoms with Crippen molar-refractivity contribution < 1.29 is 22.3 Å². The van der Waals surface area contributed by atoms with Gasteiger partial charge in [0.2, 0.25) is 5.88 Å². The Balaban J connectivity index is 2.84. The van der Waals surface area contributed by atoms with E-state index in [9.17, 15) is 27.2 Å². The average molecular weight is 354 g/mol. The Labute approximate surface area is 130 Å². The Bertz CT molecular complexity index is 889. The molecule has 0 unspecified atom stereocenters. The van der Waals surface area contributed by atoms with Crippen LogP contribution in [0.5, 0.6) is 5.88 Å². The monoisotopic (exact) mass is 353 g/mol. The molecule has 0 amide bonds. The lowest BCUT2D eigenvalue weighted by molar-refractivity contribution is -0.144. The molecule has 0 saturated heterocycles. The van der Waals surface area contributed by atoms with Crippen molar-refractivity contribution in [2.24, 2.45) is 7.05 Å². The molecular weight excluding hydrogens is 346 g/mol. The molecule has 6 nitrogen and oxygen atoms in total. The number of methoxy groups -OCH3 is 1. The average Bonchev–Trinajstić information content (AvgIpc) is 2.44. The summed E-state index contributed by atoms with van der Waals surface area (Å²) >= 11 is 5.64. The van der Waals surface area contributed by atoms with Gasteiger partial charge in [0.1, 0.15) is 10.7 Å². The number of alkyl halides is 3. The van der Waals surface area contributed by atoms with Gasteiger partial charge < -0.3 is 4.74 Å². The second kappa shape index (κ2) is 5.69. The van der Waals surface area contributed by atoms with Crippen LogP contribution in [0, 0.1) is 5.82 Å². The fourth-order valence-corrected chi connectivity index (χ4v) is 2.05. The van der Waals surface area contributed by atoms with E-state index in [1.807, 2.05) is 0 Å². The molecule has 0 aliphatic rings. The lowest BCUT2D eigenvalue weighted by Gasteiger charge is -2.14. The molecule has 2 heterocycles. The molecule has 11 heteroatoms. The summed E-state index contributed by atoms with van der Waals surface area (Å²) in [5, 5.41) is -0.231. The van der Waals surface area contributed by atoms with Gasteiger partial charge in [-0.15, -0.1) is 0 Å². The van der Waals surface area contributed by atoms with Crippen molar-refractivity contribution in [2.45, 2.75) is 6.18 Å². The van der Waals surface area contributed by atoms with Gasteiger partial charge in [0.25, 0.3) is 5.56 Å².